The lowest BCUT2D eigenvalue weighted by atomic mass is 10.2. The van der Waals surface area contributed by atoms with Gasteiger partial charge in [-0.3, -0.25) is 0 Å². The molecular formula is C7H6ClF3N2. The van der Waals surface area contributed by atoms with E-state index in [2.05, 4.69) is 4.98 Å². The van der Waals surface area contributed by atoms with Gasteiger partial charge in [-0.05, 0) is 0 Å². The zero-order chi connectivity index (χ0) is 10.0. The Morgan fingerprint density at radius 2 is 2.15 bits per heavy atom. The second-order valence-corrected chi connectivity index (χ2v) is 2.59. The normalized spacial score (nSPS) is 10.8. The van der Waals surface area contributed by atoms with Gasteiger partial charge in [0.1, 0.15) is 17.3 Å². The van der Waals surface area contributed by atoms with Crippen molar-refractivity contribution in [1.82, 2.24) is 4.98 Å². The van der Waals surface area contributed by atoms with Gasteiger partial charge in [0.25, 0.3) is 6.43 Å². The van der Waals surface area contributed by atoms with E-state index < -0.39 is 17.9 Å². The van der Waals surface area contributed by atoms with Crippen LogP contribution in [0.25, 0.3) is 0 Å². The second kappa shape index (κ2) is 3.83. The largest absolute Gasteiger partial charge is 0.384 e. The van der Waals surface area contributed by atoms with E-state index in [0.717, 1.165) is 6.07 Å². The molecule has 0 saturated carbocycles. The maximum atomic E-state index is 12.9. The summed E-state index contributed by atoms with van der Waals surface area (Å²) >= 11 is 5.28. The number of pyridine rings is 1. The first kappa shape index (κ1) is 10.1. The highest BCUT2D eigenvalue weighted by Crippen LogP contribution is 2.25. The van der Waals surface area contributed by atoms with Crippen LogP contribution in [0.2, 0.25) is 0 Å². The molecule has 0 atom stereocenters. The molecule has 0 bridgehead atoms. The van der Waals surface area contributed by atoms with Crippen molar-refractivity contribution in [1.29, 1.82) is 0 Å². The summed E-state index contributed by atoms with van der Waals surface area (Å²) in [6.07, 6.45) is -2.87. The number of nitrogen functional groups attached to an aromatic ring is 1. The fourth-order valence-corrected chi connectivity index (χ4v) is 1.16. The van der Waals surface area contributed by atoms with Crippen LogP contribution in [0.1, 0.15) is 17.7 Å². The second-order valence-electron chi connectivity index (χ2n) is 2.33. The van der Waals surface area contributed by atoms with Crippen molar-refractivity contribution in [3.63, 3.8) is 0 Å². The highest BCUT2D eigenvalue weighted by molar-refractivity contribution is 6.17. The molecule has 0 spiro atoms. The van der Waals surface area contributed by atoms with Crippen molar-refractivity contribution >= 4 is 17.4 Å². The molecule has 0 aliphatic heterocycles. The van der Waals surface area contributed by atoms with Gasteiger partial charge in [-0.1, -0.05) is 0 Å². The Hall–Kier alpha value is -0.970. The molecule has 0 aliphatic carbocycles. The highest BCUT2D eigenvalue weighted by Gasteiger charge is 2.18. The van der Waals surface area contributed by atoms with Gasteiger partial charge in [-0.15, -0.1) is 11.6 Å². The Kier molecular flexibility index (Phi) is 2.98. The number of hydrogen-bond acceptors (Lipinski definition) is 2. The Bertz CT molecular complexity index is 317. The van der Waals surface area contributed by atoms with Crippen molar-refractivity contribution in [2.24, 2.45) is 0 Å². The van der Waals surface area contributed by atoms with Crippen LogP contribution in [-0.4, -0.2) is 4.98 Å². The summed E-state index contributed by atoms with van der Waals surface area (Å²) in [5, 5.41) is 0. The van der Waals surface area contributed by atoms with Crippen LogP contribution in [-0.2, 0) is 5.88 Å². The summed E-state index contributed by atoms with van der Waals surface area (Å²) in [6.45, 7) is 0. The van der Waals surface area contributed by atoms with Crippen molar-refractivity contribution < 1.29 is 13.2 Å². The van der Waals surface area contributed by atoms with Crippen LogP contribution >= 0.6 is 11.6 Å². The quantitative estimate of drug-likeness (QED) is 0.762. The van der Waals surface area contributed by atoms with Crippen molar-refractivity contribution in [3.05, 3.63) is 23.1 Å². The molecule has 72 valence electrons. The lowest BCUT2D eigenvalue weighted by Crippen LogP contribution is -2.03. The molecule has 2 N–H and O–H groups in total. The van der Waals surface area contributed by atoms with Crippen LogP contribution in [0, 0.1) is 5.82 Å². The monoisotopic (exact) mass is 210 g/mol. The fourth-order valence-electron chi connectivity index (χ4n) is 0.891. The summed E-state index contributed by atoms with van der Waals surface area (Å²) in [6, 6.07) is 0.865. The van der Waals surface area contributed by atoms with E-state index in [4.69, 9.17) is 17.3 Å². The van der Waals surface area contributed by atoms with Crippen LogP contribution in [0.4, 0.5) is 19.0 Å². The molecule has 1 aromatic heterocycles. The first-order valence-corrected chi connectivity index (χ1v) is 3.88. The molecule has 13 heavy (non-hydrogen) atoms. The van der Waals surface area contributed by atoms with Crippen LogP contribution < -0.4 is 5.73 Å². The third-order valence-electron chi connectivity index (χ3n) is 1.46. The van der Waals surface area contributed by atoms with Gasteiger partial charge in [0.15, 0.2) is 0 Å². The average molecular weight is 211 g/mol. The van der Waals surface area contributed by atoms with E-state index >= 15 is 0 Å². The van der Waals surface area contributed by atoms with Gasteiger partial charge in [-0.25, -0.2) is 18.2 Å². The standard InChI is InChI=1S/C7H6ClF3N2/c8-2-3-4(9)1-5(12)13-6(3)7(10)11/h1,7H,2H2,(H2,12,13). The number of nitrogens with two attached hydrogens (primary N) is 1. The molecule has 0 fully saturated rings. The van der Waals surface area contributed by atoms with E-state index in [0.29, 0.717) is 0 Å². The molecule has 0 amide bonds. The van der Waals surface area contributed by atoms with Crippen LogP contribution in [0.3, 0.4) is 0 Å². The number of halogens is 4. The Morgan fingerprint density at radius 1 is 1.54 bits per heavy atom. The van der Waals surface area contributed by atoms with Gasteiger partial charge < -0.3 is 5.73 Å². The van der Waals surface area contributed by atoms with Gasteiger partial charge in [0.05, 0.1) is 5.88 Å². The first-order valence-electron chi connectivity index (χ1n) is 3.35. The molecule has 0 saturated heterocycles. The molecule has 2 nitrogen and oxygen atoms in total. The fraction of sp³-hybridized carbons (Fsp3) is 0.286. The first-order chi connectivity index (χ1) is 6.06. The summed E-state index contributed by atoms with van der Waals surface area (Å²) in [4.78, 5) is 3.31. The predicted octanol–water partition coefficient (Wildman–Crippen LogP) is 2.48. The predicted molar refractivity (Wildman–Crippen MR) is 43.1 cm³/mol. The maximum absolute atomic E-state index is 12.9. The van der Waals surface area contributed by atoms with E-state index in [1.165, 1.54) is 0 Å². The lowest BCUT2D eigenvalue weighted by molar-refractivity contribution is 0.144. The van der Waals surface area contributed by atoms with Gasteiger partial charge in [-0.2, -0.15) is 0 Å². The molecule has 6 heteroatoms. The third kappa shape index (κ3) is 2.03. The van der Waals surface area contributed by atoms with Crippen LogP contribution in [0.15, 0.2) is 6.07 Å². The molecule has 1 rings (SSSR count). The minimum absolute atomic E-state index is 0.276. The number of nitrogens with zero attached hydrogens (tertiary/aromatic N) is 1. The van der Waals surface area contributed by atoms with E-state index in [9.17, 15) is 13.2 Å². The molecule has 0 unspecified atom stereocenters. The van der Waals surface area contributed by atoms with Crippen LogP contribution in [0.5, 0.6) is 0 Å². The Labute approximate surface area is 77.5 Å². The minimum atomic E-state index is -2.87. The number of alkyl halides is 3. The number of anilines is 1. The molecule has 0 aromatic carbocycles. The molecule has 0 aliphatic rings. The minimum Gasteiger partial charge on any atom is -0.384 e. The van der Waals surface area contributed by atoms with E-state index in [1.807, 2.05) is 0 Å². The van der Waals surface area contributed by atoms with Crippen molar-refractivity contribution in [3.8, 4) is 0 Å². The molecule has 1 aromatic rings. The SMILES string of the molecule is Nc1cc(F)c(CCl)c(C(F)F)n1. The van der Waals surface area contributed by atoms with E-state index in [1.54, 1.807) is 0 Å². The highest BCUT2D eigenvalue weighted by atomic mass is 35.5. The van der Waals surface area contributed by atoms with Gasteiger partial charge >= 0.3 is 0 Å². The number of hydrogen-bond donors (Lipinski definition) is 1. The summed E-state index contributed by atoms with van der Waals surface area (Å²) in [7, 11) is 0. The topological polar surface area (TPSA) is 38.9 Å². The van der Waals surface area contributed by atoms with Gasteiger partial charge in [0, 0.05) is 11.6 Å². The number of rotatable bonds is 2. The summed E-state index contributed by atoms with van der Waals surface area (Å²) < 4.78 is 37.4. The maximum Gasteiger partial charge on any atom is 0.280 e. The third-order valence-corrected chi connectivity index (χ3v) is 1.73. The smallest absolute Gasteiger partial charge is 0.280 e. The van der Waals surface area contributed by atoms with Crippen molar-refractivity contribution in [2.75, 3.05) is 5.73 Å². The average Bonchev–Trinajstić information content (AvgIpc) is 2.02. The molecule has 1 heterocycles. The molecule has 0 radical (unpaired) electrons. The molecular weight excluding hydrogens is 205 g/mol. The Balaban J connectivity index is 3.29. The van der Waals surface area contributed by atoms with Crippen molar-refractivity contribution in [2.45, 2.75) is 12.3 Å². The zero-order valence-electron chi connectivity index (χ0n) is 6.40. The Morgan fingerprint density at radius 3 is 2.62 bits per heavy atom. The lowest BCUT2D eigenvalue weighted by Gasteiger charge is -2.06. The van der Waals surface area contributed by atoms with Gasteiger partial charge in [0.2, 0.25) is 0 Å². The summed E-state index contributed by atoms with van der Waals surface area (Å²) in [5.74, 6) is -1.47. The summed E-state index contributed by atoms with van der Waals surface area (Å²) in [5.41, 5.74) is 4.11. The zero-order valence-corrected chi connectivity index (χ0v) is 7.15. The van der Waals surface area contributed by atoms with E-state index in [-0.39, 0.29) is 17.3 Å². The number of aromatic nitrogens is 1.